The van der Waals surface area contributed by atoms with E-state index in [4.69, 9.17) is 56.8 Å². The van der Waals surface area contributed by atoms with E-state index in [1.165, 1.54) is 0 Å². The summed E-state index contributed by atoms with van der Waals surface area (Å²) < 4.78 is 70.7. The fraction of sp³-hybridized carbons (Fsp3) is 0.0968. The second-order valence-electron chi connectivity index (χ2n) is 16.6. The molecule has 0 fully saturated rings. The highest BCUT2D eigenvalue weighted by atomic mass is 16.7. The predicted octanol–water partition coefficient (Wildman–Crippen LogP) is 13.6. The monoisotopic (exact) mass is 1020 g/mol. The van der Waals surface area contributed by atoms with Crippen molar-refractivity contribution in [3.63, 3.8) is 0 Å². The van der Waals surface area contributed by atoms with Gasteiger partial charge in [0.25, 0.3) is 0 Å². The minimum absolute atomic E-state index is 0.0113. The summed E-state index contributed by atoms with van der Waals surface area (Å²) in [6.07, 6.45) is 0. The Kier molecular flexibility index (Phi) is 16.0. The fourth-order valence-corrected chi connectivity index (χ4v) is 7.86. The van der Waals surface area contributed by atoms with Crippen LogP contribution in [0.15, 0.2) is 218 Å². The lowest BCUT2D eigenvalue weighted by Crippen LogP contribution is -2.09. The van der Waals surface area contributed by atoms with Gasteiger partial charge in [-0.2, -0.15) is 0 Å². The highest BCUT2D eigenvalue weighted by Gasteiger charge is 2.20. The van der Waals surface area contributed by atoms with Crippen molar-refractivity contribution in [1.29, 1.82) is 0 Å². The van der Waals surface area contributed by atoms with Crippen LogP contribution < -0.4 is 56.8 Å². The molecule has 0 amide bonds. The first-order chi connectivity index (χ1) is 37.5. The number of hydrogen-bond donors (Lipinski definition) is 2. The summed E-state index contributed by atoms with van der Waals surface area (Å²) in [5, 5.41) is 22.9. The highest BCUT2D eigenvalue weighted by Crippen LogP contribution is 2.45. The Balaban J connectivity index is 0.715. The summed E-state index contributed by atoms with van der Waals surface area (Å²) in [7, 11) is 0. The van der Waals surface area contributed by atoms with E-state index >= 15 is 0 Å². The van der Waals surface area contributed by atoms with Crippen LogP contribution in [0.25, 0.3) is 32.7 Å². The largest absolute Gasteiger partial charge is 0.508 e. The zero-order valence-corrected chi connectivity index (χ0v) is 40.8. The van der Waals surface area contributed by atoms with E-state index in [-0.39, 0.29) is 52.3 Å². The van der Waals surface area contributed by atoms with E-state index < -0.39 is 0 Å². The second-order valence-corrected chi connectivity index (χ2v) is 16.6. The van der Waals surface area contributed by atoms with E-state index in [1.807, 2.05) is 48.5 Å². The zero-order valence-electron chi connectivity index (χ0n) is 40.8. The maximum Gasteiger partial charge on any atom is 0.230 e. The Bertz CT molecular complexity index is 3190. The summed E-state index contributed by atoms with van der Waals surface area (Å²) in [5.74, 6) is 7.51. The summed E-state index contributed by atoms with van der Waals surface area (Å²) in [6, 6.07) is 65.7. The van der Waals surface area contributed by atoms with Gasteiger partial charge in [-0.3, -0.25) is 0 Å². The van der Waals surface area contributed by atoms with Crippen LogP contribution in [0, 0.1) is 0 Å². The minimum Gasteiger partial charge on any atom is -0.508 e. The van der Waals surface area contributed by atoms with Crippen LogP contribution in [0.1, 0.15) is 0 Å². The van der Waals surface area contributed by atoms with E-state index in [0.717, 1.165) is 32.7 Å². The second kappa shape index (κ2) is 24.6. The van der Waals surface area contributed by atoms with Gasteiger partial charge < -0.3 is 67.1 Å². The average Bonchev–Trinajstić information content (AvgIpc) is 3.52. The van der Waals surface area contributed by atoms with Crippen molar-refractivity contribution >= 4 is 21.5 Å². The highest BCUT2D eigenvalue weighted by molar-refractivity contribution is 6.09. The summed E-state index contributed by atoms with van der Waals surface area (Å²) in [5.41, 5.74) is 1.70. The molecule has 0 aliphatic rings. The van der Waals surface area contributed by atoms with Crippen LogP contribution in [0.2, 0.25) is 0 Å². The van der Waals surface area contributed by atoms with Crippen molar-refractivity contribution in [3.05, 3.63) is 218 Å². The van der Waals surface area contributed by atoms with E-state index in [9.17, 15) is 10.2 Å². The Morgan fingerprint density at radius 1 is 0.211 bits per heavy atom. The topological polar surface area (TPSA) is 151 Å². The molecular formula is C62H50O14. The molecule has 0 saturated heterocycles. The average molecular weight is 1020 g/mol. The van der Waals surface area contributed by atoms with Gasteiger partial charge in [0.2, 0.25) is 40.8 Å². The quantitative estimate of drug-likeness (QED) is 0.0522. The maximum absolute atomic E-state index is 9.43. The third kappa shape index (κ3) is 13.3. The van der Waals surface area contributed by atoms with Gasteiger partial charge >= 0.3 is 0 Å². The Morgan fingerprint density at radius 2 is 0.421 bits per heavy atom. The molecule has 76 heavy (non-hydrogen) atoms. The molecule has 10 rings (SSSR count). The molecule has 0 radical (unpaired) electrons. The number of fused-ring (bicyclic) bond motifs is 2. The van der Waals surface area contributed by atoms with Gasteiger partial charge in [-0.15, -0.1) is 0 Å². The normalized spacial score (nSPS) is 10.8. The zero-order chi connectivity index (χ0) is 51.7. The van der Waals surface area contributed by atoms with Crippen LogP contribution in [-0.4, -0.2) is 51.0 Å². The first-order valence-electron chi connectivity index (χ1n) is 24.0. The number of rotatable bonds is 25. The minimum atomic E-state index is -0.0729. The van der Waals surface area contributed by atoms with Crippen molar-refractivity contribution in [2.24, 2.45) is 0 Å². The molecule has 382 valence electrons. The molecule has 0 heterocycles. The van der Waals surface area contributed by atoms with Crippen molar-refractivity contribution in [2.75, 3.05) is 40.8 Å². The molecule has 14 heteroatoms. The summed E-state index contributed by atoms with van der Waals surface area (Å²) >= 11 is 0. The van der Waals surface area contributed by atoms with Gasteiger partial charge in [0.15, 0.2) is 0 Å². The molecule has 14 nitrogen and oxygen atoms in total. The van der Waals surface area contributed by atoms with E-state index in [0.29, 0.717) is 69.0 Å². The molecule has 0 saturated carbocycles. The van der Waals surface area contributed by atoms with Gasteiger partial charge in [-0.05, 0) is 179 Å². The number of ether oxygens (including phenoxy) is 12. The van der Waals surface area contributed by atoms with Crippen LogP contribution in [0.4, 0.5) is 0 Å². The number of phenols is 2. The van der Waals surface area contributed by atoms with Crippen LogP contribution >= 0.6 is 0 Å². The number of phenolic OH excluding ortho intramolecular Hbond substituents is 2. The molecule has 0 unspecified atom stereocenters. The molecule has 0 bridgehead atoms. The number of aromatic hydroxyl groups is 2. The number of hydrogen-bond acceptors (Lipinski definition) is 14. The Morgan fingerprint density at radius 3 is 0.671 bits per heavy atom. The lowest BCUT2D eigenvalue weighted by Gasteiger charge is -2.20. The third-order valence-electron chi connectivity index (χ3n) is 11.7. The molecule has 10 aromatic rings. The predicted molar refractivity (Wildman–Crippen MR) is 286 cm³/mol. The number of benzene rings is 10. The molecule has 2 N–H and O–H groups in total. The van der Waals surface area contributed by atoms with Gasteiger partial charge in [0.1, 0.15) is 80.5 Å². The van der Waals surface area contributed by atoms with Gasteiger partial charge in [-0.1, -0.05) is 60.7 Å². The lowest BCUT2D eigenvalue weighted by molar-refractivity contribution is 0.114. The molecule has 0 atom stereocenters. The standard InChI is InChI=1S/C62H50O14/c63-45-11-15-47(16-12-45)65-37-67-49-19-23-51(24-20-49)69-39-71-53-27-31-55(32-28-53)73-41-75-59-35-9-43-5-1-3-7-57(43)61(59)62-58-8-4-2-6-44(58)10-36-60(62)76-42-74-56-33-29-54(30-34-56)72-40-70-52-25-21-50(22-26-52)68-38-66-48-17-13-46(64)14-18-48/h1-36,63-64H,37-42H2. The van der Waals surface area contributed by atoms with Crippen molar-refractivity contribution in [1.82, 2.24) is 0 Å². The molecule has 0 aliphatic carbocycles. The smallest absolute Gasteiger partial charge is 0.230 e. The molecular weight excluding hydrogens is 969 g/mol. The van der Waals surface area contributed by atoms with E-state index in [1.54, 1.807) is 146 Å². The molecule has 0 aromatic heterocycles. The van der Waals surface area contributed by atoms with Crippen molar-refractivity contribution in [2.45, 2.75) is 0 Å². The van der Waals surface area contributed by atoms with Crippen molar-refractivity contribution < 1.29 is 67.1 Å². The first kappa shape index (κ1) is 49.5. The van der Waals surface area contributed by atoms with Crippen molar-refractivity contribution in [3.8, 4) is 91.6 Å². The molecule has 0 spiro atoms. The van der Waals surface area contributed by atoms with Gasteiger partial charge in [-0.25, -0.2) is 0 Å². The van der Waals surface area contributed by atoms with Gasteiger partial charge in [0, 0.05) is 11.1 Å². The molecule has 0 aliphatic heterocycles. The molecule has 10 aromatic carbocycles. The van der Waals surface area contributed by atoms with Crippen LogP contribution in [-0.2, 0) is 0 Å². The van der Waals surface area contributed by atoms with Gasteiger partial charge in [0.05, 0.1) is 0 Å². The third-order valence-corrected chi connectivity index (χ3v) is 11.7. The Labute approximate surface area is 437 Å². The Hall–Kier alpha value is -10.1. The lowest BCUT2D eigenvalue weighted by atomic mass is 9.92. The summed E-state index contributed by atoms with van der Waals surface area (Å²) in [4.78, 5) is 0. The SMILES string of the molecule is Oc1ccc(OCOc2ccc(OCOc3ccc(OCOc4ccc5ccccc5c4-c4c(OCOc5ccc(OCOc6ccc(OCOc7ccc(O)cc7)cc6)cc5)ccc5ccccc45)cc3)cc2)cc1. The first-order valence-corrected chi connectivity index (χ1v) is 24.0. The fourth-order valence-electron chi connectivity index (χ4n) is 7.86. The summed E-state index contributed by atoms with van der Waals surface area (Å²) in [6.45, 7) is -0.145. The van der Waals surface area contributed by atoms with Crippen LogP contribution in [0.5, 0.6) is 80.5 Å². The maximum atomic E-state index is 9.43. The van der Waals surface area contributed by atoms with Crippen LogP contribution in [0.3, 0.4) is 0 Å². The van der Waals surface area contributed by atoms with E-state index in [2.05, 4.69) is 24.3 Å².